The van der Waals surface area contributed by atoms with E-state index in [0.29, 0.717) is 56.6 Å². The van der Waals surface area contributed by atoms with Crippen LogP contribution in [0, 0.1) is 0 Å². The van der Waals surface area contributed by atoms with E-state index in [1.165, 1.54) is 11.1 Å². The molecule has 9 heteroatoms. The van der Waals surface area contributed by atoms with E-state index in [9.17, 15) is 14.7 Å². The Hall–Kier alpha value is -6.10. The average Bonchev–Trinajstić information content (AvgIpc) is 3.28. The summed E-state index contributed by atoms with van der Waals surface area (Å²) in [5.74, 6) is -0.170. The van der Waals surface area contributed by atoms with Crippen molar-refractivity contribution in [2.24, 2.45) is 0 Å². The number of nitrogens with one attached hydrogen (secondary N) is 2. The van der Waals surface area contributed by atoms with Crippen molar-refractivity contribution in [3.05, 3.63) is 191 Å². The maximum atomic E-state index is 12.7. The van der Waals surface area contributed by atoms with Gasteiger partial charge in [0.2, 0.25) is 11.8 Å². The van der Waals surface area contributed by atoms with Gasteiger partial charge in [-0.1, -0.05) is 133 Å². The van der Waals surface area contributed by atoms with Crippen LogP contribution < -0.4 is 16.4 Å². The average molecular weight is 803 g/mol. The van der Waals surface area contributed by atoms with Crippen LogP contribution in [0.1, 0.15) is 77.9 Å². The number of nitrogens with zero attached hydrogens (tertiary/aromatic N) is 1. The number of nitrogens with two attached hydrogens (primary N) is 1. The van der Waals surface area contributed by atoms with Crippen molar-refractivity contribution in [3.8, 4) is 11.1 Å². The van der Waals surface area contributed by atoms with Gasteiger partial charge < -0.3 is 30.9 Å². The number of benzene rings is 6. The Balaban J connectivity index is 1.00. The van der Waals surface area contributed by atoms with Gasteiger partial charge in [-0.25, -0.2) is 0 Å². The van der Waals surface area contributed by atoms with Gasteiger partial charge in [-0.05, 0) is 76.1 Å². The Morgan fingerprint density at radius 3 is 1.93 bits per heavy atom. The lowest BCUT2D eigenvalue weighted by Gasteiger charge is -2.38. The van der Waals surface area contributed by atoms with Crippen molar-refractivity contribution in [2.75, 3.05) is 17.6 Å². The molecular formula is C51H54N4O5. The van der Waals surface area contributed by atoms with Crippen LogP contribution in [0.2, 0.25) is 0 Å². The van der Waals surface area contributed by atoms with Gasteiger partial charge in [-0.15, -0.1) is 0 Å². The second-order valence-corrected chi connectivity index (χ2v) is 15.4. The van der Waals surface area contributed by atoms with Crippen molar-refractivity contribution in [2.45, 2.75) is 76.8 Å². The molecule has 1 fully saturated rings. The molecule has 60 heavy (non-hydrogen) atoms. The lowest BCUT2D eigenvalue weighted by Crippen LogP contribution is -2.39. The Morgan fingerprint density at radius 2 is 1.25 bits per heavy atom. The molecule has 0 spiro atoms. The highest BCUT2D eigenvalue weighted by Gasteiger charge is 2.33. The normalized spacial score (nSPS) is 16.3. The van der Waals surface area contributed by atoms with Gasteiger partial charge in [0.25, 0.3) is 0 Å². The highest BCUT2D eigenvalue weighted by atomic mass is 16.7. The number of hydrogen-bond donors (Lipinski definition) is 4. The lowest BCUT2D eigenvalue weighted by molar-refractivity contribution is -0.253. The van der Waals surface area contributed by atoms with Crippen LogP contribution in [0.4, 0.5) is 11.4 Å². The minimum absolute atomic E-state index is 0.0115. The van der Waals surface area contributed by atoms with E-state index >= 15 is 0 Å². The molecule has 0 saturated carbocycles. The lowest BCUT2D eigenvalue weighted by atomic mass is 9.98. The quantitative estimate of drug-likeness (QED) is 0.0504. The number of aliphatic hydroxyl groups is 1. The molecule has 6 aromatic carbocycles. The number of nitrogen functional groups attached to an aromatic ring is 1. The molecule has 1 saturated heterocycles. The number of anilines is 2. The Bertz CT molecular complexity index is 2240. The molecule has 3 atom stereocenters. The molecule has 2 amide bonds. The Kier molecular flexibility index (Phi) is 14.9. The number of ether oxygens (including phenoxy) is 2. The standard InChI is InChI=1S/C51H54N4O5/c52-46-21-7-8-22-47(46)54-50(58)24-10-9-23-49(57)53-32-40-17-11-18-42(29-40)43-19-12-20-44(30-43)51-59-45(31-48(60-51)41-27-25-39(36-56)26-28-41)35-55(33-37-13-3-1-4-14-37)34-38-15-5-2-6-16-38/h1-8,11-22,25-30,45,48,51,56H,9-10,23-24,31-36,52H2,(H,53,57)(H,54,58). The fourth-order valence-electron chi connectivity index (χ4n) is 7.60. The Morgan fingerprint density at radius 1 is 0.633 bits per heavy atom. The summed E-state index contributed by atoms with van der Waals surface area (Å²) < 4.78 is 13.6. The number of carbonyl (C=O) groups excluding carboxylic acids is 2. The van der Waals surface area contributed by atoms with Crippen LogP contribution in [0.25, 0.3) is 11.1 Å². The summed E-state index contributed by atoms with van der Waals surface area (Å²) in [7, 11) is 0. The van der Waals surface area contributed by atoms with Crippen LogP contribution in [0.3, 0.4) is 0 Å². The molecule has 7 rings (SSSR count). The molecule has 6 aromatic rings. The Labute approximate surface area is 353 Å². The van der Waals surface area contributed by atoms with Gasteiger partial charge in [0.15, 0.2) is 6.29 Å². The minimum atomic E-state index is -0.605. The number of aliphatic hydroxyl groups excluding tert-OH is 1. The molecular weight excluding hydrogens is 749 g/mol. The van der Waals surface area contributed by atoms with Gasteiger partial charge >= 0.3 is 0 Å². The van der Waals surface area contributed by atoms with Crippen LogP contribution in [-0.4, -0.2) is 34.5 Å². The predicted octanol–water partition coefficient (Wildman–Crippen LogP) is 9.49. The maximum absolute atomic E-state index is 12.7. The predicted molar refractivity (Wildman–Crippen MR) is 237 cm³/mol. The van der Waals surface area contributed by atoms with E-state index in [0.717, 1.165) is 46.5 Å². The monoisotopic (exact) mass is 802 g/mol. The smallest absolute Gasteiger partial charge is 0.224 e. The number of amides is 2. The SMILES string of the molecule is Nc1ccccc1NC(=O)CCCCC(=O)NCc1cccc(-c2cccc(C3OC(CN(Cc4ccccc4)Cc4ccccc4)CC(c4ccc(CO)cc4)O3)c2)c1. The fraction of sp³-hybridized carbons (Fsp3) is 0.255. The molecule has 0 bridgehead atoms. The van der Waals surface area contributed by atoms with E-state index < -0.39 is 6.29 Å². The first-order valence-corrected chi connectivity index (χ1v) is 20.8. The number of carbonyl (C=O) groups is 2. The summed E-state index contributed by atoms with van der Waals surface area (Å²) in [4.78, 5) is 27.5. The summed E-state index contributed by atoms with van der Waals surface area (Å²) in [6.45, 7) is 2.67. The second-order valence-electron chi connectivity index (χ2n) is 15.4. The number of unbranched alkanes of at least 4 members (excludes halogenated alkanes) is 1. The largest absolute Gasteiger partial charge is 0.397 e. The van der Waals surface area contributed by atoms with Gasteiger partial charge in [-0.2, -0.15) is 0 Å². The van der Waals surface area contributed by atoms with E-state index in [1.807, 2.05) is 66.7 Å². The van der Waals surface area contributed by atoms with Crippen LogP contribution >= 0.6 is 0 Å². The molecule has 0 radical (unpaired) electrons. The third-order valence-corrected chi connectivity index (χ3v) is 10.8. The minimum Gasteiger partial charge on any atom is -0.397 e. The molecule has 0 aliphatic carbocycles. The van der Waals surface area contributed by atoms with Gasteiger partial charge in [-0.3, -0.25) is 14.5 Å². The first-order valence-electron chi connectivity index (χ1n) is 20.8. The molecule has 0 aromatic heterocycles. The van der Waals surface area contributed by atoms with E-state index in [2.05, 4.69) is 94.4 Å². The van der Waals surface area contributed by atoms with Gasteiger partial charge in [0, 0.05) is 51.0 Å². The van der Waals surface area contributed by atoms with E-state index in [-0.39, 0.29) is 30.6 Å². The molecule has 9 nitrogen and oxygen atoms in total. The van der Waals surface area contributed by atoms with Gasteiger partial charge in [0.05, 0.1) is 30.2 Å². The highest BCUT2D eigenvalue weighted by molar-refractivity contribution is 5.93. The summed E-state index contributed by atoms with van der Waals surface area (Å²) in [6.07, 6.45) is 1.61. The third kappa shape index (κ3) is 12.2. The number of hydrogen-bond acceptors (Lipinski definition) is 7. The molecule has 1 heterocycles. The second kappa shape index (κ2) is 21.2. The van der Waals surface area contributed by atoms with Crippen LogP contribution in [0.5, 0.6) is 0 Å². The van der Waals surface area contributed by atoms with Crippen molar-refractivity contribution in [1.82, 2.24) is 10.2 Å². The zero-order chi connectivity index (χ0) is 41.5. The molecule has 1 aliphatic heterocycles. The van der Waals surface area contributed by atoms with Gasteiger partial charge in [0.1, 0.15) is 0 Å². The van der Waals surface area contributed by atoms with Crippen molar-refractivity contribution >= 4 is 23.2 Å². The zero-order valence-corrected chi connectivity index (χ0v) is 33.9. The van der Waals surface area contributed by atoms with Crippen molar-refractivity contribution in [1.29, 1.82) is 0 Å². The number of rotatable bonds is 18. The first kappa shape index (κ1) is 42.0. The molecule has 3 unspecified atom stereocenters. The fourth-order valence-corrected chi connectivity index (χ4v) is 7.60. The van der Waals surface area contributed by atoms with E-state index in [4.69, 9.17) is 15.2 Å². The van der Waals surface area contributed by atoms with Crippen molar-refractivity contribution in [3.63, 3.8) is 0 Å². The molecule has 308 valence electrons. The maximum Gasteiger partial charge on any atom is 0.224 e. The summed E-state index contributed by atoms with van der Waals surface area (Å²) in [5, 5.41) is 15.6. The highest BCUT2D eigenvalue weighted by Crippen LogP contribution is 2.39. The molecule has 5 N–H and O–H groups in total. The molecule has 1 aliphatic rings. The zero-order valence-electron chi connectivity index (χ0n) is 33.9. The first-order chi connectivity index (χ1) is 29.4. The summed E-state index contributed by atoms with van der Waals surface area (Å²) in [5.41, 5.74) is 15.4. The van der Waals surface area contributed by atoms with Crippen molar-refractivity contribution < 1.29 is 24.2 Å². The van der Waals surface area contributed by atoms with E-state index in [1.54, 1.807) is 12.1 Å². The summed E-state index contributed by atoms with van der Waals surface area (Å²) >= 11 is 0. The third-order valence-electron chi connectivity index (χ3n) is 10.8. The number of para-hydroxylation sites is 2. The van der Waals surface area contributed by atoms with Crippen LogP contribution in [0.15, 0.2) is 158 Å². The summed E-state index contributed by atoms with van der Waals surface area (Å²) in [6, 6.07) is 52.7. The van der Waals surface area contributed by atoms with Crippen LogP contribution in [-0.2, 0) is 45.3 Å². The topological polar surface area (TPSA) is 126 Å².